The molecule has 1 atom stereocenters. The van der Waals surface area contributed by atoms with Crippen molar-refractivity contribution in [2.45, 2.75) is 6.92 Å². The number of nitrogens with one attached hydrogen (secondary N) is 1. The minimum absolute atomic E-state index is 0. The molecule has 1 aromatic rings. The van der Waals surface area contributed by atoms with Crippen LogP contribution in [0.3, 0.4) is 0 Å². The Morgan fingerprint density at radius 1 is 1.33 bits per heavy atom. The van der Waals surface area contributed by atoms with Gasteiger partial charge >= 0.3 is 13.7 Å². The zero-order valence-corrected chi connectivity index (χ0v) is 14.4. The summed E-state index contributed by atoms with van der Waals surface area (Å²) < 4.78 is 15.5. The molecular weight excluding hydrogens is 314 g/mol. The van der Waals surface area contributed by atoms with Crippen LogP contribution in [-0.4, -0.2) is 52.0 Å². The molecule has 1 rings (SSSR count). The molecule has 12 heteroatoms. The van der Waals surface area contributed by atoms with E-state index in [1.54, 1.807) is 0 Å². The smallest absolute Gasteiger partial charge is 0.268 e. The molecule has 0 heterocycles. The van der Waals surface area contributed by atoms with Crippen LogP contribution < -0.4 is 5.43 Å². The Balaban J connectivity index is 0.00000400. The number of anilines is 1. The van der Waals surface area contributed by atoms with Crippen LogP contribution >= 0.6 is 8.03 Å². The van der Waals surface area contributed by atoms with E-state index in [9.17, 15) is 24.8 Å². The first-order chi connectivity index (χ1) is 9.31. The summed E-state index contributed by atoms with van der Waals surface area (Å²) >= 11 is 0. The van der Waals surface area contributed by atoms with Gasteiger partial charge in [0.1, 0.15) is 5.69 Å². The molecule has 0 fully saturated rings. The van der Waals surface area contributed by atoms with E-state index in [-0.39, 0.29) is 41.1 Å². The van der Waals surface area contributed by atoms with Gasteiger partial charge in [0.25, 0.3) is 11.6 Å². The van der Waals surface area contributed by atoms with Crippen LogP contribution in [0.25, 0.3) is 0 Å². The van der Waals surface area contributed by atoms with Crippen molar-refractivity contribution in [2.75, 3.05) is 12.1 Å². The third-order valence-corrected chi connectivity index (χ3v) is 2.50. The molecule has 0 spiro atoms. The van der Waals surface area contributed by atoms with E-state index >= 15 is 0 Å². The number of hydrazone groups is 1. The summed E-state index contributed by atoms with van der Waals surface area (Å²) in [5.41, 5.74) is 1.38. The molecular formula is C9H10N4NaO6P+. The van der Waals surface area contributed by atoms with Gasteiger partial charge in [-0.25, -0.2) is 4.52 Å². The Kier molecular flexibility index (Phi) is 7.97. The Hall–Kier alpha value is -1.61. The SMILES string of the molecule is CC(=NNc1ccc([N+](=O)[O-])cc1[N+](=O)[O-])O[P+](C)=O.[Na]. The predicted molar refractivity (Wildman–Crippen MR) is 76.9 cm³/mol. The number of benzene rings is 1. The second-order valence-corrected chi connectivity index (χ2v) is 4.55. The van der Waals surface area contributed by atoms with Crippen LogP contribution in [-0.2, 0) is 9.09 Å². The number of nitrogens with zero attached hydrogens (tertiary/aromatic N) is 3. The van der Waals surface area contributed by atoms with Gasteiger partial charge < -0.3 is 0 Å². The Morgan fingerprint density at radius 2 is 1.95 bits per heavy atom. The number of hydrogen-bond acceptors (Lipinski definition) is 8. The fourth-order valence-electron chi connectivity index (χ4n) is 1.22. The van der Waals surface area contributed by atoms with Crippen LogP contribution in [0.1, 0.15) is 6.92 Å². The van der Waals surface area contributed by atoms with Crippen LogP contribution in [0.2, 0.25) is 0 Å². The maximum absolute atomic E-state index is 10.8. The summed E-state index contributed by atoms with van der Waals surface area (Å²) in [6.07, 6.45) is 0. The molecule has 0 bridgehead atoms. The van der Waals surface area contributed by atoms with Crippen molar-refractivity contribution in [1.82, 2.24) is 0 Å². The maximum atomic E-state index is 10.8. The molecule has 0 aliphatic heterocycles. The standard InChI is InChI=1S/C9H10N4O6P.Na/c1-6(19-20(2)18)10-11-8-4-3-7(12(14)15)5-9(8)13(16)17;/h3-5,11H,1-2H3;/q+1;. The van der Waals surface area contributed by atoms with Gasteiger partial charge in [-0.05, 0) is 10.6 Å². The van der Waals surface area contributed by atoms with E-state index < -0.39 is 29.2 Å². The summed E-state index contributed by atoms with van der Waals surface area (Å²) in [6, 6.07) is 3.06. The summed E-state index contributed by atoms with van der Waals surface area (Å²) in [6.45, 7) is 2.73. The average molecular weight is 324 g/mol. The molecule has 1 aromatic carbocycles. The van der Waals surface area contributed by atoms with Crippen LogP contribution in [0.5, 0.6) is 0 Å². The minimum Gasteiger partial charge on any atom is -0.268 e. The first kappa shape index (κ1) is 19.4. The Morgan fingerprint density at radius 3 is 2.43 bits per heavy atom. The molecule has 0 saturated heterocycles. The predicted octanol–water partition coefficient (Wildman–Crippen LogP) is 2.26. The van der Waals surface area contributed by atoms with Crippen LogP contribution in [0.15, 0.2) is 23.3 Å². The van der Waals surface area contributed by atoms with Crippen molar-refractivity contribution in [3.05, 3.63) is 38.4 Å². The van der Waals surface area contributed by atoms with Gasteiger partial charge in [-0.1, -0.05) is 0 Å². The zero-order chi connectivity index (χ0) is 15.3. The van der Waals surface area contributed by atoms with Crippen molar-refractivity contribution in [3.8, 4) is 0 Å². The Bertz CT molecular complexity index is 608. The van der Waals surface area contributed by atoms with Crippen molar-refractivity contribution in [1.29, 1.82) is 0 Å². The van der Waals surface area contributed by atoms with Crippen molar-refractivity contribution in [2.24, 2.45) is 5.10 Å². The molecule has 1 unspecified atom stereocenters. The molecule has 1 radical (unpaired) electrons. The third kappa shape index (κ3) is 6.13. The van der Waals surface area contributed by atoms with Gasteiger partial charge in [0.2, 0.25) is 0 Å². The summed E-state index contributed by atoms with van der Waals surface area (Å²) in [4.78, 5) is 19.9. The molecule has 107 valence electrons. The fourth-order valence-corrected chi connectivity index (χ4v) is 1.64. The summed E-state index contributed by atoms with van der Waals surface area (Å²) in [5.74, 6) is 0.0151. The number of nitro groups is 2. The topological polar surface area (TPSA) is 137 Å². The van der Waals surface area contributed by atoms with Crippen LogP contribution in [0.4, 0.5) is 17.1 Å². The fraction of sp³-hybridized carbons (Fsp3) is 0.222. The van der Waals surface area contributed by atoms with Crippen molar-refractivity contribution < 1.29 is 18.9 Å². The van der Waals surface area contributed by atoms with Crippen molar-refractivity contribution in [3.63, 3.8) is 0 Å². The molecule has 0 aromatic heterocycles. The molecule has 0 aliphatic carbocycles. The first-order valence-corrected chi connectivity index (χ1v) is 6.75. The zero-order valence-electron chi connectivity index (χ0n) is 11.5. The number of nitro benzene ring substituents is 2. The average Bonchev–Trinajstić information content (AvgIpc) is 2.35. The number of rotatable bonds is 5. The monoisotopic (exact) mass is 324 g/mol. The molecule has 0 aliphatic rings. The van der Waals surface area contributed by atoms with Gasteiger partial charge in [-0.3, -0.25) is 25.7 Å². The number of hydrogen-bond donors (Lipinski definition) is 1. The van der Waals surface area contributed by atoms with Crippen molar-refractivity contribution >= 4 is 60.5 Å². The normalized spacial score (nSPS) is 11.1. The van der Waals surface area contributed by atoms with E-state index in [4.69, 9.17) is 4.52 Å². The van der Waals surface area contributed by atoms with Gasteiger partial charge in [-0.15, -0.1) is 5.10 Å². The third-order valence-electron chi connectivity index (χ3n) is 1.98. The van der Waals surface area contributed by atoms with E-state index in [0.29, 0.717) is 0 Å². The summed E-state index contributed by atoms with van der Waals surface area (Å²) in [7, 11) is -1.90. The van der Waals surface area contributed by atoms with Gasteiger partial charge in [0.15, 0.2) is 6.66 Å². The second kappa shape index (κ2) is 8.63. The van der Waals surface area contributed by atoms with E-state index in [0.717, 1.165) is 18.2 Å². The molecule has 0 amide bonds. The maximum Gasteiger partial charge on any atom is 0.554 e. The Labute approximate surface area is 142 Å². The van der Waals surface area contributed by atoms with E-state index in [1.807, 2.05) is 0 Å². The molecule has 1 N–H and O–H groups in total. The molecule has 21 heavy (non-hydrogen) atoms. The van der Waals surface area contributed by atoms with E-state index in [1.165, 1.54) is 13.6 Å². The van der Waals surface area contributed by atoms with Crippen LogP contribution in [0, 0.1) is 20.2 Å². The van der Waals surface area contributed by atoms with Gasteiger partial charge in [-0.2, -0.15) is 0 Å². The first-order valence-electron chi connectivity index (χ1n) is 5.13. The van der Waals surface area contributed by atoms with Gasteiger partial charge in [0, 0.05) is 42.5 Å². The quantitative estimate of drug-likeness (QED) is 0.219. The summed E-state index contributed by atoms with van der Waals surface area (Å²) in [5, 5.41) is 25.0. The molecule has 0 saturated carbocycles. The molecule has 10 nitrogen and oxygen atoms in total. The minimum atomic E-state index is -1.90. The number of non-ortho nitro benzene ring substituents is 1. The largest absolute Gasteiger partial charge is 0.554 e. The van der Waals surface area contributed by atoms with Gasteiger partial charge in [0.05, 0.1) is 15.9 Å². The second-order valence-electron chi connectivity index (χ2n) is 3.49. The van der Waals surface area contributed by atoms with E-state index in [2.05, 4.69) is 10.5 Å².